The number of hydrogen-bond acceptors (Lipinski definition) is 7. The van der Waals surface area contributed by atoms with Gasteiger partial charge in [0.1, 0.15) is 0 Å². The monoisotopic (exact) mass is 336 g/mol. The second-order valence-electron chi connectivity index (χ2n) is 7.40. The van der Waals surface area contributed by atoms with Crippen molar-refractivity contribution in [3.63, 3.8) is 0 Å². The van der Waals surface area contributed by atoms with Crippen LogP contribution in [-0.4, -0.2) is 33.5 Å². The smallest absolute Gasteiger partial charge is 0.356 e. The van der Waals surface area contributed by atoms with Crippen LogP contribution in [0.4, 0.5) is 4.39 Å². The summed E-state index contributed by atoms with van der Waals surface area (Å²) in [6.45, 7) is 1.09. The fourth-order valence-corrected chi connectivity index (χ4v) is 5.32. The minimum absolute atomic E-state index is 0.0402. The van der Waals surface area contributed by atoms with E-state index in [0.717, 1.165) is 39.0 Å². The Morgan fingerprint density at radius 1 is 1.36 bits per heavy atom. The second-order valence-corrected chi connectivity index (χ2v) is 8.47. The zero-order valence-corrected chi connectivity index (χ0v) is 13.2. The Bertz CT molecular complexity index is 443. The lowest BCUT2D eigenvalue weighted by molar-refractivity contribution is -0.432. The van der Waals surface area contributed by atoms with Crippen molar-refractivity contribution in [2.45, 2.75) is 56.1 Å². The number of aliphatic hydroxyl groups is 1. The van der Waals surface area contributed by atoms with Crippen LogP contribution >= 0.6 is 12.0 Å². The molecule has 0 aromatic heterocycles. The lowest BCUT2D eigenvalue weighted by atomic mass is 9.48. The molecule has 126 valence electrons. The summed E-state index contributed by atoms with van der Waals surface area (Å²) in [5.41, 5.74) is -0.873. The molecule has 4 aliphatic rings. The van der Waals surface area contributed by atoms with Gasteiger partial charge in [0.05, 0.1) is 24.3 Å². The minimum Gasteiger partial charge on any atom is -0.462 e. The van der Waals surface area contributed by atoms with Gasteiger partial charge in [-0.3, -0.25) is 0 Å². The molecule has 4 aliphatic carbocycles. The molecule has 2 N–H and O–H groups in total. The number of hydrogen-bond donors (Lipinski definition) is 2. The second kappa shape index (κ2) is 5.59. The van der Waals surface area contributed by atoms with Crippen molar-refractivity contribution in [3.8, 4) is 0 Å². The van der Waals surface area contributed by atoms with E-state index in [-0.39, 0.29) is 24.1 Å². The molecule has 3 atom stereocenters. The van der Waals surface area contributed by atoms with Gasteiger partial charge < -0.3 is 9.84 Å². The van der Waals surface area contributed by atoms with Gasteiger partial charge in [0.25, 0.3) is 5.00 Å². The quantitative estimate of drug-likeness (QED) is 0.334. The molecular weight excluding hydrogens is 315 g/mol. The van der Waals surface area contributed by atoms with Gasteiger partial charge in [-0.15, -0.1) is 4.33 Å². The topological polar surface area (TPSA) is 85.2 Å². The van der Waals surface area contributed by atoms with Crippen molar-refractivity contribution >= 4 is 18.0 Å². The van der Waals surface area contributed by atoms with Crippen molar-refractivity contribution < 1.29 is 33.7 Å². The van der Waals surface area contributed by atoms with E-state index >= 15 is 0 Å². The first-order chi connectivity index (χ1) is 10.3. The Morgan fingerprint density at radius 3 is 2.55 bits per heavy atom. The molecule has 4 bridgehead atoms. The fourth-order valence-electron chi connectivity index (χ4n) is 5.03. The molecule has 4 fully saturated rings. The van der Waals surface area contributed by atoms with E-state index < -0.39 is 16.6 Å². The molecule has 0 amide bonds. The predicted molar refractivity (Wildman–Crippen MR) is 74.9 cm³/mol. The third kappa shape index (κ3) is 3.12. The number of alkyl halides is 1. The summed E-state index contributed by atoms with van der Waals surface area (Å²) >= 11 is 0.0402. The largest absolute Gasteiger partial charge is 0.462 e. The summed E-state index contributed by atoms with van der Waals surface area (Å²) in [5, 5.41) is 19.5. The molecule has 6 nitrogen and oxygen atoms in total. The lowest BCUT2D eigenvalue weighted by Gasteiger charge is -2.59. The highest BCUT2D eigenvalue weighted by molar-refractivity contribution is 7.96. The maximum atomic E-state index is 14.0. The summed E-state index contributed by atoms with van der Waals surface area (Å²) < 4.78 is 23.2. The van der Waals surface area contributed by atoms with Gasteiger partial charge in [-0.05, 0) is 57.3 Å². The van der Waals surface area contributed by atoms with Crippen LogP contribution in [0.25, 0.3) is 0 Å². The normalized spacial score (nSPS) is 42.2. The van der Waals surface area contributed by atoms with Crippen LogP contribution in [0.5, 0.6) is 0 Å². The minimum atomic E-state index is -2.47. The Labute approximate surface area is 132 Å². The predicted octanol–water partition coefficient (Wildman–Crippen LogP) is 2.62. The van der Waals surface area contributed by atoms with Gasteiger partial charge in [-0.2, -0.15) is 0 Å². The number of rotatable bonds is 6. The van der Waals surface area contributed by atoms with Crippen LogP contribution in [0.2, 0.25) is 0 Å². The van der Waals surface area contributed by atoms with Crippen LogP contribution in [-0.2, 0) is 18.9 Å². The highest BCUT2D eigenvalue weighted by Gasteiger charge is 2.57. The SMILES string of the molecule is CC(F)(SOOO)C(=O)OCC12CC3CC(CC(O)(C3)C1)C2. The summed E-state index contributed by atoms with van der Waals surface area (Å²) in [7, 11) is 0. The van der Waals surface area contributed by atoms with E-state index in [1.165, 1.54) is 0 Å². The maximum absolute atomic E-state index is 14.0. The van der Waals surface area contributed by atoms with Crippen molar-refractivity contribution in [1.82, 2.24) is 0 Å². The summed E-state index contributed by atoms with van der Waals surface area (Å²) in [5.74, 6) is -0.123. The molecule has 0 aromatic carbocycles. The molecule has 0 spiro atoms. The number of carbonyl (C=O) groups excluding carboxylic acids is 1. The van der Waals surface area contributed by atoms with Crippen LogP contribution in [0, 0.1) is 17.3 Å². The van der Waals surface area contributed by atoms with Crippen molar-refractivity contribution in [2.75, 3.05) is 6.61 Å². The van der Waals surface area contributed by atoms with Gasteiger partial charge >= 0.3 is 5.97 Å². The molecule has 8 heteroatoms. The highest BCUT2D eigenvalue weighted by Crippen LogP contribution is 2.61. The van der Waals surface area contributed by atoms with Crippen molar-refractivity contribution in [3.05, 3.63) is 0 Å². The molecular formula is C14H21FO6S. The number of carbonyl (C=O) groups is 1. The zero-order chi connectivity index (χ0) is 16.0. The van der Waals surface area contributed by atoms with E-state index in [1.54, 1.807) is 0 Å². The first-order valence-corrected chi connectivity index (χ1v) is 8.25. The average Bonchev–Trinajstić information content (AvgIpc) is 2.40. The molecule has 0 heterocycles. The molecule has 4 saturated carbocycles. The van der Waals surface area contributed by atoms with Gasteiger partial charge in [0, 0.05) is 5.41 Å². The van der Waals surface area contributed by atoms with Crippen LogP contribution in [0.3, 0.4) is 0 Å². The number of ether oxygens (including phenoxy) is 1. The summed E-state index contributed by atoms with van der Waals surface area (Å²) in [4.78, 5) is 11.8. The van der Waals surface area contributed by atoms with E-state index in [9.17, 15) is 14.3 Å². The standard InChI is InChI=1S/C14H21FO6S/c1-12(15,22-21-20-18)11(16)19-8-13-3-9-2-10(4-13)6-14(17,5-9)7-13/h9-10,17-18H,2-8H2,1H3. The van der Waals surface area contributed by atoms with Gasteiger partial charge in [0.2, 0.25) is 0 Å². The number of esters is 1. The van der Waals surface area contributed by atoms with E-state index in [4.69, 9.17) is 9.99 Å². The molecule has 22 heavy (non-hydrogen) atoms. The van der Waals surface area contributed by atoms with Crippen LogP contribution in [0.1, 0.15) is 45.4 Å². The summed E-state index contributed by atoms with van der Waals surface area (Å²) in [6.07, 6.45) is 5.26. The van der Waals surface area contributed by atoms with Crippen molar-refractivity contribution in [2.24, 2.45) is 17.3 Å². The van der Waals surface area contributed by atoms with E-state index in [0.29, 0.717) is 18.3 Å². The summed E-state index contributed by atoms with van der Waals surface area (Å²) in [6, 6.07) is 0. The first kappa shape index (κ1) is 16.4. The molecule has 0 aliphatic heterocycles. The molecule has 4 rings (SSSR count). The van der Waals surface area contributed by atoms with Crippen LogP contribution in [0.15, 0.2) is 0 Å². The third-order valence-corrected chi connectivity index (χ3v) is 5.85. The lowest BCUT2D eigenvalue weighted by Crippen LogP contribution is -2.57. The Balaban J connectivity index is 1.60. The fraction of sp³-hybridized carbons (Fsp3) is 0.929. The molecule has 3 unspecified atom stereocenters. The van der Waals surface area contributed by atoms with Gasteiger partial charge in [-0.1, -0.05) is 5.04 Å². The van der Waals surface area contributed by atoms with Gasteiger partial charge in [-0.25, -0.2) is 14.4 Å². The van der Waals surface area contributed by atoms with Crippen molar-refractivity contribution in [1.29, 1.82) is 0 Å². The van der Waals surface area contributed by atoms with E-state index in [1.807, 2.05) is 0 Å². The molecule has 0 saturated heterocycles. The van der Waals surface area contributed by atoms with Crippen LogP contribution < -0.4 is 0 Å². The average molecular weight is 336 g/mol. The zero-order valence-electron chi connectivity index (χ0n) is 12.4. The molecule has 0 aromatic rings. The van der Waals surface area contributed by atoms with E-state index in [2.05, 4.69) is 9.37 Å². The Hall–Kier alpha value is -0.410. The highest BCUT2D eigenvalue weighted by atomic mass is 32.2. The Morgan fingerprint density at radius 2 is 2.00 bits per heavy atom. The third-order valence-electron chi connectivity index (χ3n) is 5.25. The van der Waals surface area contributed by atoms with Gasteiger partial charge in [0.15, 0.2) is 0 Å². The Kier molecular flexibility index (Phi) is 4.18. The number of halogens is 1. The maximum Gasteiger partial charge on any atom is 0.356 e. The molecule has 0 radical (unpaired) electrons. The first-order valence-electron chi connectivity index (χ1n) is 7.50.